The molecule has 2 aliphatic rings. The molecule has 0 unspecified atom stereocenters. The molecule has 154 valence electrons. The summed E-state index contributed by atoms with van der Waals surface area (Å²) in [4.78, 5) is 15.7. The maximum absolute atomic E-state index is 15.0. The van der Waals surface area contributed by atoms with Gasteiger partial charge in [-0.3, -0.25) is 9.58 Å². The second-order valence-corrected chi connectivity index (χ2v) is 7.78. The van der Waals surface area contributed by atoms with Gasteiger partial charge in [0, 0.05) is 25.7 Å². The first kappa shape index (κ1) is 18.6. The van der Waals surface area contributed by atoms with Gasteiger partial charge in [-0.15, -0.1) is 5.10 Å². The highest BCUT2D eigenvalue weighted by Crippen LogP contribution is 2.33. The maximum Gasteiger partial charge on any atom is 0.414 e. The number of ether oxygens (including phenoxy) is 1. The van der Waals surface area contributed by atoms with E-state index in [2.05, 4.69) is 15.2 Å². The molecule has 0 saturated carbocycles. The van der Waals surface area contributed by atoms with Crippen LogP contribution in [0.15, 0.2) is 42.6 Å². The van der Waals surface area contributed by atoms with Crippen LogP contribution in [0.4, 0.5) is 20.7 Å². The Bertz CT molecular complexity index is 1130. The fraction of sp³-hybridized carbons (Fsp3) is 0.318. The van der Waals surface area contributed by atoms with Crippen LogP contribution in [0.25, 0.3) is 11.1 Å². The third kappa shape index (κ3) is 3.18. The van der Waals surface area contributed by atoms with E-state index in [0.29, 0.717) is 24.3 Å². The highest BCUT2D eigenvalue weighted by molar-refractivity contribution is 5.90. The smallest absolute Gasteiger partial charge is 0.414 e. The molecule has 8 heteroatoms. The second-order valence-electron chi connectivity index (χ2n) is 7.78. The lowest BCUT2D eigenvalue weighted by Crippen LogP contribution is -2.24. The zero-order valence-electron chi connectivity index (χ0n) is 16.9. The maximum atomic E-state index is 15.0. The lowest BCUT2D eigenvalue weighted by molar-refractivity contribution is 0.139. The van der Waals surface area contributed by atoms with Crippen LogP contribution in [0.5, 0.6) is 0 Å². The van der Waals surface area contributed by atoms with Crippen LogP contribution in [0.3, 0.4) is 0 Å². The van der Waals surface area contributed by atoms with E-state index < -0.39 is 6.09 Å². The minimum absolute atomic E-state index is 0.144. The summed E-state index contributed by atoms with van der Waals surface area (Å²) in [7, 11) is 1.84. The zero-order valence-corrected chi connectivity index (χ0v) is 16.9. The number of carbonyl (C=O) groups is 1. The van der Waals surface area contributed by atoms with Crippen LogP contribution >= 0.6 is 0 Å². The second kappa shape index (κ2) is 7.12. The zero-order chi connectivity index (χ0) is 20.8. The predicted octanol–water partition coefficient (Wildman–Crippen LogP) is 3.88. The van der Waals surface area contributed by atoms with E-state index >= 15 is 0 Å². The summed E-state index contributed by atoms with van der Waals surface area (Å²) in [6.07, 6.45) is 2.06. The van der Waals surface area contributed by atoms with Crippen LogP contribution < -0.4 is 9.80 Å². The molecule has 1 amide bonds. The number of nitrogens with zero attached hydrogens (tertiary/aromatic N) is 5. The van der Waals surface area contributed by atoms with Crippen molar-refractivity contribution in [2.45, 2.75) is 32.5 Å². The van der Waals surface area contributed by atoms with Crippen molar-refractivity contribution in [2.75, 3.05) is 16.3 Å². The lowest BCUT2D eigenvalue weighted by Gasteiger charge is -2.14. The quantitative estimate of drug-likeness (QED) is 0.657. The van der Waals surface area contributed by atoms with Gasteiger partial charge in [-0.2, -0.15) is 0 Å². The van der Waals surface area contributed by atoms with Gasteiger partial charge in [0.2, 0.25) is 0 Å². The van der Waals surface area contributed by atoms with Crippen molar-refractivity contribution >= 4 is 17.6 Å². The molecular formula is C22H22FN5O2. The molecule has 0 spiro atoms. The third-order valence-corrected chi connectivity index (χ3v) is 5.75. The molecule has 1 saturated heterocycles. The molecule has 7 nitrogen and oxygen atoms in total. The van der Waals surface area contributed by atoms with Crippen molar-refractivity contribution in [3.05, 3.63) is 59.5 Å². The van der Waals surface area contributed by atoms with Gasteiger partial charge < -0.3 is 9.64 Å². The van der Waals surface area contributed by atoms with Gasteiger partial charge in [0.05, 0.1) is 18.4 Å². The minimum atomic E-state index is -0.421. The topological polar surface area (TPSA) is 63.5 Å². The summed E-state index contributed by atoms with van der Waals surface area (Å²) in [6, 6.07) is 10.9. The number of fused-ring (bicyclic) bond motifs is 1. The number of hydrogen-bond donors (Lipinski definition) is 0. The average molecular weight is 407 g/mol. The number of cyclic esters (lactones) is 1. The first-order valence-corrected chi connectivity index (χ1v) is 10.0. The first-order valence-electron chi connectivity index (χ1n) is 10.0. The fourth-order valence-corrected chi connectivity index (χ4v) is 4.05. The van der Waals surface area contributed by atoms with Crippen LogP contribution in [-0.4, -0.2) is 33.7 Å². The molecule has 1 aromatic heterocycles. The molecule has 5 rings (SSSR count). The van der Waals surface area contributed by atoms with Gasteiger partial charge in [0.15, 0.2) is 5.82 Å². The largest absolute Gasteiger partial charge is 0.444 e. The summed E-state index contributed by atoms with van der Waals surface area (Å²) < 4.78 is 21.9. The van der Waals surface area contributed by atoms with Gasteiger partial charge in [0.25, 0.3) is 0 Å². The SMILES string of the molecule is CC[C@H]1CN(c2ccc(-c3ccc4c(c3)CN(c3cn(C)nn3)C4)c(F)c2)C(=O)O1. The van der Waals surface area contributed by atoms with E-state index in [-0.39, 0.29) is 11.9 Å². The summed E-state index contributed by atoms with van der Waals surface area (Å²) >= 11 is 0. The van der Waals surface area contributed by atoms with Crippen molar-refractivity contribution in [2.24, 2.45) is 7.05 Å². The molecule has 0 radical (unpaired) electrons. The number of anilines is 2. The minimum Gasteiger partial charge on any atom is -0.444 e. The highest BCUT2D eigenvalue weighted by atomic mass is 19.1. The van der Waals surface area contributed by atoms with Crippen molar-refractivity contribution in [1.82, 2.24) is 15.0 Å². The molecule has 0 N–H and O–H groups in total. The van der Waals surface area contributed by atoms with Gasteiger partial charge in [0.1, 0.15) is 11.9 Å². The Balaban J connectivity index is 1.39. The monoisotopic (exact) mass is 407 g/mol. The number of aryl methyl sites for hydroxylation is 1. The van der Waals surface area contributed by atoms with E-state index in [1.165, 1.54) is 16.5 Å². The lowest BCUT2D eigenvalue weighted by atomic mass is 10.00. The van der Waals surface area contributed by atoms with Crippen molar-refractivity contribution in [3.8, 4) is 11.1 Å². The Hall–Kier alpha value is -3.42. The number of carbonyl (C=O) groups excluding carboxylic acids is 1. The number of rotatable bonds is 4. The predicted molar refractivity (Wildman–Crippen MR) is 111 cm³/mol. The number of aromatic nitrogens is 3. The van der Waals surface area contributed by atoms with Crippen LogP contribution in [0, 0.1) is 5.82 Å². The highest BCUT2D eigenvalue weighted by Gasteiger charge is 2.31. The van der Waals surface area contributed by atoms with Gasteiger partial charge in [-0.25, -0.2) is 9.18 Å². The van der Waals surface area contributed by atoms with E-state index in [4.69, 9.17) is 4.74 Å². The van der Waals surface area contributed by atoms with E-state index in [9.17, 15) is 9.18 Å². The summed E-state index contributed by atoms with van der Waals surface area (Å²) in [6.45, 7) is 3.88. The number of hydrogen-bond acceptors (Lipinski definition) is 5. The van der Waals surface area contributed by atoms with E-state index in [1.807, 2.05) is 38.4 Å². The number of halogens is 1. The molecule has 30 heavy (non-hydrogen) atoms. The molecule has 0 aliphatic carbocycles. The summed E-state index contributed by atoms with van der Waals surface area (Å²) in [5.41, 5.74) is 4.20. The van der Waals surface area contributed by atoms with Crippen molar-refractivity contribution in [1.29, 1.82) is 0 Å². The van der Waals surface area contributed by atoms with E-state index in [0.717, 1.165) is 29.9 Å². The standard InChI is InChI=1S/C22H22FN5O2/c1-3-18-12-28(22(29)30-18)17-6-7-19(20(23)9-17)14-4-5-15-10-27(11-16(15)8-14)21-13-26(2)25-24-21/h4-9,13,18H,3,10-12H2,1-2H3/t18-/m0/s1. The summed E-state index contributed by atoms with van der Waals surface area (Å²) in [5, 5.41) is 8.17. The van der Waals surface area contributed by atoms with Crippen LogP contribution in [0.1, 0.15) is 24.5 Å². The van der Waals surface area contributed by atoms with Crippen LogP contribution in [-0.2, 0) is 24.9 Å². The molecule has 0 bridgehead atoms. The molecule has 3 aromatic rings. The Labute approximate surface area is 173 Å². The average Bonchev–Trinajstić information content (AvgIpc) is 3.44. The molecule has 2 aliphatic heterocycles. The van der Waals surface area contributed by atoms with Gasteiger partial charge in [-0.1, -0.05) is 24.3 Å². The Kier molecular flexibility index (Phi) is 4.42. The number of benzene rings is 2. The Morgan fingerprint density at radius 1 is 1.17 bits per heavy atom. The molecule has 1 fully saturated rings. The molecule has 3 heterocycles. The van der Waals surface area contributed by atoms with E-state index in [1.54, 1.807) is 16.8 Å². The summed E-state index contributed by atoms with van der Waals surface area (Å²) in [5.74, 6) is 0.470. The Morgan fingerprint density at radius 2 is 2.00 bits per heavy atom. The Morgan fingerprint density at radius 3 is 2.70 bits per heavy atom. The van der Waals surface area contributed by atoms with Crippen molar-refractivity contribution < 1.29 is 13.9 Å². The molecule has 2 aromatic carbocycles. The van der Waals surface area contributed by atoms with Gasteiger partial charge >= 0.3 is 6.09 Å². The van der Waals surface area contributed by atoms with Gasteiger partial charge in [-0.05, 0) is 47.4 Å². The van der Waals surface area contributed by atoms with Crippen molar-refractivity contribution in [3.63, 3.8) is 0 Å². The van der Waals surface area contributed by atoms with Crippen LogP contribution in [0.2, 0.25) is 0 Å². The molecular weight excluding hydrogens is 385 g/mol. The number of amides is 1. The normalized spacial score (nSPS) is 18.1. The third-order valence-electron chi connectivity index (χ3n) is 5.75. The molecule has 1 atom stereocenters. The first-order chi connectivity index (χ1) is 14.5. The fourth-order valence-electron chi connectivity index (χ4n) is 4.05.